The van der Waals surface area contributed by atoms with E-state index in [-0.39, 0.29) is 5.78 Å². The third-order valence-corrected chi connectivity index (χ3v) is 3.00. The highest BCUT2D eigenvalue weighted by Crippen LogP contribution is 2.34. The number of Topliss-reactive ketones (excluding diaryl/α,β-unsaturated/α-hetero) is 1. The average molecular weight is 256 g/mol. The Kier molecular flexibility index (Phi) is 3.85. The van der Waals surface area contributed by atoms with Gasteiger partial charge in [0.05, 0.1) is 14.2 Å². The summed E-state index contributed by atoms with van der Waals surface area (Å²) in [6, 6.07) is 13.1. The molecular weight excluding hydrogens is 240 g/mol. The van der Waals surface area contributed by atoms with Crippen LogP contribution in [0, 0.1) is 0 Å². The summed E-state index contributed by atoms with van der Waals surface area (Å²) in [5.74, 6) is 1.42. The molecule has 2 rings (SSSR count). The first-order valence-corrected chi connectivity index (χ1v) is 5.99. The van der Waals surface area contributed by atoms with Crippen LogP contribution in [0.2, 0.25) is 0 Å². The first-order chi connectivity index (χ1) is 9.17. The quantitative estimate of drug-likeness (QED) is 0.784. The molecular formula is C16H16O3. The number of carbonyl (C=O) groups excluding carboxylic acids is 1. The molecule has 0 aliphatic carbocycles. The van der Waals surface area contributed by atoms with Crippen molar-refractivity contribution < 1.29 is 14.3 Å². The lowest BCUT2D eigenvalue weighted by Crippen LogP contribution is -1.98. The van der Waals surface area contributed by atoms with E-state index in [0.717, 1.165) is 16.9 Å². The molecule has 3 nitrogen and oxygen atoms in total. The van der Waals surface area contributed by atoms with Crippen LogP contribution in [0.15, 0.2) is 42.5 Å². The third kappa shape index (κ3) is 2.60. The monoisotopic (exact) mass is 256 g/mol. The van der Waals surface area contributed by atoms with Gasteiger partial charge in [-0.3, -0.25) is 4.79 Å². The number of carbonyl (C=O) groups is 1. The second-order valence-corrected chi connectivity index (χ2v) is 4.17. The lowest BCUT2D eigenvalue weighted by atomic mass is 9.96. The number of benzene rings is 2. The van der Waals surface area contributed by atoms with E-state index in [1.54, 1.807) is 27.2 Å². The molecule has 0 saturated heterocycles. The maximum atomic E-state index is 11.8. The minimum Gasteiger partial charge on any atom is -0.497 e. The molecule has 0 bridgehead atoms. The van der Waals surface area contributed by atoms with E-state index >= 15 is 0 Å². The standard InChI is InChI=1S/C16H16O3/c1-11(17)15-10-12(18-2)8-9-13(15)14-6-4-5-7-16(14)19-3/h4-10H,1-3H3. The minimum absolute atomic E-state index is 0.000180. The molecule has 19 heavy (non-hydrogen) atoms. The van der Waals surface area contributed by atoms with Crippen molar-refractivity contribution >= 4 is 5.78 Å². The summed E-state index contributed by atoms with van der Waals surface area (Å²) in [6.45, 7) is 1.55. The van der Waals surface area contributed by atoms with E-state index in [9.17, 15) is 4.79 Å². The Labute approximate surface area is 112 Å². The number of hydrogen-bond acceptors (Lipinski definition) is 3. The molecule has 2 aromatic rings. The molecule has 0 unspecified atom stereocenters. The molecule has 3 heteroatoms. The van der Waals surface area contributed by atoms with Gasteiger partial charge >= 0.3 is 0 Å². The number of hydrogen-bond donors (Lipinski definition) is 0. The number of rotatable bonds is 4. The molecule has 0 atom stereocenters. The van der Waals surface area contributed by atoms with E-state index in [1.807, 2.05) is 36.4 Å². The smallest absolute Gasteiger partial charge is 0.160 e. The summed E-state index contributed by atoms with van der Waals surface area (Å²) >= 11 is 0. The zero-order chi connectivity index (χ0) is 13.8. The van der Waals surface area contributed by atoms with Crippen LogP contribution in [0.25, 0.3) is 11.1 Å². The van der Waals surface area contributed by atoms with Gasteiger partial charge in [-0.05, 0) is 36.8 Å². The summed E-state index contributed by atoms with van der Waals surface area (Å²) in [5.41, 5.74) is 2.38. The topological polar surface area (TPSA) is 35.5 Å². The van der Waals surface area contributed by atoms with Crippen molar-refractivity contribution in [1.82, 2.24) is 0 Å². The van der Waals surface area contributed by atoms with Crippen molar-refractivity contribution in [2.75, 3.05) is 14.2 Å². The van der Waals surface area contributed by atoms with Crippen molar-refractivity contribution in [3.05, 3.63) is 48.0 Å². The fourth-order valence-corrected chi connectivity index (χ4v) is 2.04. The summed E-state index contributed by atoms with van der Waals surface area (Å²) in [6.07, 6.45) is 0. The summed E-state index contributed by atoms with van der Waals surface area (Å²) in [7, 11) is 3.21. The van der Waals surface area contributed by atoms with E-state index < -0.39 is 0 Å². The lowest BCUT2D eigenvalue weighted by molar-refractivity contribution is 0.101. The molecule has 0 aliphatic heterocycles. The second-order valence-electron chi connectivity index (χ2n) is 4.17. The molecule has 0 radical (unpaired) electrons. The van der Waals surface area contributed by atoms with Crippen LogP contribution in [-0.2, 0) is 0 Å². The molecule has 2 aromatic carbocycles. The van der Waals surface area contributed by atoms with Gasteiger partial charge in [0.1, 0.15) is 11.5 Å². The predicted octanol–water partition coefficient (Wildman–Crippen LogP) is 3.57. The van der Waals surface area contributed by atoms with Crippen molar-refractivity contribution in [3.63, 3.8) is 0 Å². The molecule has 0 N–H and O–H groups in total. The average Bonchev–Trinajstić information content (AvgIpc) is 2.46. The summed E-state index contributed by atoms with van der Waals surface area (Å²) in [4.78, 5) is 11.8. The van der Waals surface area contributed by atoms with E-state index in [0.29, 0.717) is 11.3 Å². The van der Waals surface area contributed by atoms with Crippen LogP contribution in [0.5, 0.6) is 11.5 Å². The fourth-order valence-electron chi connectivity index (χ4n) is 2.04. The van der Waals surface area contributed by atoms with Crippen molar-refractivity contribution in [1.29, 1.82) is 0 Å². The molecule has 0 aliphatic rings. The maximum absolute atomic E-state index is 11.8. The highest BCUT2D eigenvalue weighted by molar-refractivity contribution is 6.01. The first-order valence-electron chi connectivity index (χ1n) is 5.99. The largest absolute Gasteiger partial charge is 0.497 e. The zero-order valence-corrected chi connectivity index (χ0v) is 11.3. The number of ether oxygens (including phenoxy) is 2. The Morgan fingerprint density at radius 1 is 0.947 bits per heavy atom. The second kappa shape index (κ2) is 5.57. The van der Waals surface area contributed by atoms with Crippen molar-refractivity contribution in [2.45, 2.75) is 6.92 Å². The Balaban J connectivity index is 2.64. The summed E-state index contributed by atoms with van der Waals surface area (Å²) < 4.78 is 10.5. The Morgan fingerprint density at radius 2 is 1.68 bits per heavy atom. The van der Waals surface area contributed by atoms with Gasteiger partial charge in [0.15, 0.2) is 5.78 Å². The van der Waals surface area contributed by atoms with E-state index in [1.165, 1.54) is 0 Å². The van der Waals surface area contributed by atoms with Gasteiger partial charge in [0, 0.05) is 11.1 Å². The molecule has 0 amide bonds. The Bertz CT molecular complexity index is 603. The van der Waals surface area contributed by atoms with Crippen molar-refractivity contribution in [3.8, 4) is 22.6 Å². The number of ketones is 1. The predicted molar refractivity (Wildman–Crippen MR) is 75.0 cm³/mol. The van der Waals surface area contributed by atoms with E-state index in [2.05, 4.69) is 0 Å². The van der Waals surface area contributed by atoms with Gasteiger partial charge in [-0.15, -0.1) is 0 Å². The van der Waals surface area contributed by atoms with Crippen LogP contribution < -0.4 is 9.47 Å². The third-order valence-electron chi connectivity index (χ3n) is 3.00. The van der Waals surface area contributed by atoms with E-state index in [4.69, 9.17) is 9.47 Å². The zero-order valence-electron chi connectivity index (χ0n) is 11.3. The Hall–Kier alpha value is -2.29. The molecule has 0 fully saturated rings. The van der Waals surface area contributed by atoms with Crippen LogP contribution >= 0.6 is 0 Å². The van der Waals surface area contributed by atoms with Crippen LogP contribution in [0.4, 0.5) is 0 Å². The van der Waals surface area contributed by atoms with Gasteiger partial charge in [-0.2, -0.15) is 0 Å². The molecule has 0 aromatic heterocycles. The molecule has 98 valence electrons. The van der Waals surface area contributed by atoms with Gasteiger partial charge in [-0.1, -0.05) is 18.2 Å². The first kappa shape index (κ1) is 13.1. The van der Waals surface area contributed by atoms with Crippen molar-refractivity contribution in [2.24, 2.45) is 0 Å². The highest BCUT2D eigenvalue weighted by Gasteiger charge is 2.13. The molecule has 0 spiro atoms. The highest BCUT2D eigenvalue weighted by atomic mass is 16.5. The molecule has 0 saturated carbocycles. The van der Waals surface area contributed by atoms with Crippen LogP contribution in [0.3, 0.4) is 0 Å². The normalized spacial score (nSPS) is 10.1. The van der Waals surface area contributed by atoms with Gasteiger partial charge in [0.2, 0.25) is 0 Å². The van der Waals surface area contributed by atoms with Gasteiger partial charge in [-0.25, -0.2) is 0 Å². The minimum atomic E-state index is -0.000180. The Morgan fingerprint density at radius 3 is 2.32 bits per heavy atom. The number of para-hydroxylation sites is 1. The molecule has 0 heterocycles. The lowest BCUT2D eigenvalue weighted by Gasteiger charge is -2.12. The number of methoxy groups -OCH3 is 2. The van der Waals surface area contributed by atoms with Crippen LogP contribution in [0.1, 0.15) is 17.3 Å². The van der Waals surface area contributed by atoms with Crippen LogP contribution in [-0.4, -0.2) is 20.0 Å². The SMILES string of the molecule is COc1ccc(-c2ccccc2OC)c(C(C)=O)c1. The summed E-state index contributed by atoms with van der Waals surface area (Å²) in [5, 5.41) is 0. The van der Waals surface area contributed by atoms with Gasteiger partial charge in [0.25, 0.3) is 0 Å². The van der Waals surface area contributed by atoms with Gasteiger partial charge < -0.3 is 9.47 Å². The maximum Gasteiger partial charge on any atom is 0.160 e. The fraction of sp³-hybridized carbons (Fsp3) is 0.188.